The SMILES string of the molecule is Cc1ccc2onc(CC(=O)N(C)c3ccccc3F)c2c1. The second kappa shape index (κ2) is 5.60. The quantitative estimate of drug-likeness (QED) is 0.743. The van der Waals surface area contributed by atoms with Crippen molar-refractivity contribution < 1.29 is 13.7 Å². The summed E-state index contributed by atoms with van der Waals surface area (Å²) in [6.07, 6.45) is 0.0568. The van der Waals surface area contributed by atoms with E-state index in [0.29, 0.717) is 11.3 Å². The molecule has 3 rings (SSSR count). The first-order valence-electron chi connectivity index (χ1n) is 6.92. The molecule has 0 spiro atoms. The standard InChI is InChI=1S/C17H15FN2O2/c1-11-7-8-16-12(9-11)14(19-22-16)10-17(21)20(2)15-6-4-3-5-13(15)18/h3-9H,10H2,1-2H3. The lowest BCUT2D eigenvalue weighted by atomic mass is 10.1. The molecule has 112 valence electrons. The second-order valence-electron chi connectivity index (χ2n) is 5.21. The number of likely N-dealkylation sites (N-methyl/N-ethyl adjacent to an activating group) is 1. The van der Waals surface area contributed by atoms with Crippen LogP contribution in [0.1, 0.15) is 11.3 Å². The van der Waals surface area contributed by atoms with E-state index in [2.05, 4.69) is 5.16 Å². The highest BCUT2D eigenvalue weighted by Crippen LogP contribution is 2.22. The molecule has 1 heterocycles. The van der Waals surface area contributed by atoms with Crippen LogP contribution in [0.4, 0.5) is 10.1 Å². The van der Waals surface area contributed by atoms with Crippen molar-refractivity contribution in [3.8, 4) is 0 Å². The van der Waals surface area contributed by atoms with Crippen molar-refractivity contribution in [1.29, 1.82) is 0 Å². The second-order valence-corrected chi connectivity index (χ2v) is 5.21. The Labute approximate surface area is 127 Å². The van der Waals surface area contributed by atoms with Gasteiger partial charge in [-0.3, -0.25) is 4.79 Å². The van der Waals surface area contributed by atoms with Gasteiger partial charge >= 0.3 is 0 Å². The first kappa shape index (κ1) is 14.3. The number of aryl methyl sites for hydroxylation is 1. The van der Waals surface area contributed by atoms with Gasteiger partial charge in [-0.2, -0.15) is 0 Å². The average molecular weight is 298 g/mol. The van der Waals surface area contributed by atoms with Crippen LogP contribution in [0.15, 0.2) is 47.0 Å². The summed E-state index contributed by atoms with van der Waals surface area (Å²) in [5.74, 6) is -0.680. The Hall–Kier alpha value is -2.69. The molecule has 4 nitrogen and oxygen atoms in total. The highest BCUT2D eigenvalue weighted by molar-refractivity contribution is 5.96. The molecule has 0 fully saturated rings. The summed E-state index contributed by atoms with van der Waals surface area (Å²) in [6, 6.07) is 11.8. The monoisotopic (exact) mass is 298 g/mol. The summed E-state index contributed by atoms with van der Waals surface area (Å²) in [5, 5.41) is 4.77. The first-order chi connectivity index (χ1) is 10.6. The maximum absolute atomic E-state index is 13.8. The molecule has 22 heavy (non-hydrogen) atoms. The zero-order valence-electron chi connectivity index (χ0n) is 12.3. The number of carbonyl (C=O) groups is 1. The Morgan fingerprint density at radius 3 is 2.82 bits per heavy atom. The fourth-order valence-corrected chi connectivity index (χ4v) is 2.35. The molecule has 0 aliphatic rings. The number of amides is 1. The summed E-state index contributed by atoms with van der Waals surface area (Å²) in [6.45, 7) is 1.96. The molecule has 5 heteroatoms. The van der Waals surface area contributed by atoms with Crippen LogP contribution in [0.5, 0.6) is 0 Å². The molecule has 2 aromatic carbocycles. The van der Waals surface area contributed by atoms with Gasteiger partial charge in [0.25, 0.3) is 0 Å². The lowest BCUT2D eigenvalue weighted by molar-refractivity contribution is -0.117. The third-order valence-corrected chi connectivity index (χ3v) is 3.61. The third-order valence-electron chi connectivity index (χ3n) is 3.61. The van der Waals surface area contributed by atoms with Gasteiger partial charge in [0.05, 0.1) is 12.1 Å². The van der Waals surface area contributed by atoms with Crippen molar-refractivity contribution in [3.05, 3.63) is 59.5 Å². The molecule has 3 aromatic rings. The number of halogens is 1. The fourth-order valence-electron chi connectivity index (χ4n) is 2.35. The van der Waals surface area contributed by atoms with Crippen molar-refractivity contribution >= 4 is 22.6 Å². The van der Waals surface area contributed by atoms with Gasteiger partial charge in [-0.25, -0.2) is 4.39 Å². The number of benzene rings is 2. The molecule has 0 radical (unpaired) electrons. The largest absolute Gasteiger partial charge is 0.356 e. The van der Waals surface area contributed by atoms with Crippen LogP contribution in [0, 0.1) is 12.7 Å². The maximum atomic E-state index is 13.8. The molecule has 1 amide bonds. The number of hydrogen-bond acceptors (Lipinski definition) is 3. The highest BCUT2D eigenvalue weighted by atomic mass is 19.1. The molecule has 0 unspecified atom stereocenters. The lowest BCUT2D eigenvalue weighted by Gasteiger charge is -2.17. The fraction of sp³-hybridized carbons (Fsp3) is 0.176. The molecule has 0 atom stereocenters. The lowest BCUT2D eigenvalue weighted by Crippen LogP contribution is -2.28. The maximum Gasteiger partial charge on any atom is 0.232 e. The summed E-state index contributed by atoms with van der Waals surface area (Å²) in [4.78, 5) is 13.7. The third kappa shape index (κ3) is 2.57. The van der Waals surface area contributed by atoms with Crippen molar-refractivity contribution in [3.63, 3.8) is 0 Å². The highest BCUT2D eigenvalue weighted by Gasteiger charge is 2.18. The zero-order valence-corrected chi connectivity index (χ0v) is 12.3. The van der Waals surface area contributed by atoms with Crippen molar-refractivity contribution in [2.24, 2.45) is 0 Å². The molecule has 0 aliphatic heterocycles. The molecule has 1 aromatic heterocycles. The van der Waals surface area contributed by atoms with Crippen LogP contribution in [0.25, 0.3) is 11.0 Å². The molecule has 0 aliphatic carbocycles. The Balaban J connectivity index is 1.87. The van der Waals surface area contributed by atoms with Crippen LogP contribution in [0.3, 0.4) is 0 Å². The van der Waals surface area contributed by atoms with E-state index in [-0.39, 0.29) is 18.0 Å². The molecule has 0 saturated carbocycles. The Bertz CT molecular complexity index is 842. The van der Waals surface area contributed by atoms with E-state index in [1.807, 2.05) is 25.1 Å². The van der Waals surface area contributed by atoms with Gasteiger partial charge in [-0.15, -0.1) is 0 Å². The molecule has 0 N–H and O–H groups in total. The van der Waals surface area contributed by atoms with Gasteiger partial charge < -0.3 is 9.42 Å². The molecule has 0 saturated heterocycles. The number of aromatic nitrogens is 1. The van der Waals surface area contributed by atoms with Gasteiger partial charge in [0.15, 0.2) is 5.58 Å². The number of fused-ring (bicyclic) bond motifs is 1. The van der Waals surface area contributed by atoms with Crippen LogP contribution >= 0.6 is 0 Å². The zero-order chi connectivity index (χ0) is 15.7. The molecule has 0 bridgehead atoms. The van der Waals surface area contributed by atoms with Crippen LogP contribution in [-0.4, -0.2) is 18.1 Å². The van der Waals surface area contributed by atoms with E-state index in [4.69, 9.17) is 4.52 Å². The first-order valence-corrected chi connectivity index (χ1v) is 6.92. The van der Waals surface area contributed by atoms with E-state index in [9.17, 15) is 9.18 Å². The number of anilines is 1. The van der Waals surface area contributed by atoms with Crippen molar-refractivity contribution in [2.75, 3.05) is 11.9 Å². The predicted molar refractivity (Wildman–Crippen MR) is 82.3 cm³/mol. The average Bonchev–Trinajstić information content (AvgIpc) is 2.89. The molecular weight excluding hydrogens is 283 g/mol. The number of hydrogen-bond donors (Lipinski definition) is 0. The van der Waals surface area contributed by atoms with Crippen LogP contribution in [-0.2, 0) is 11.2 Å². The van der Waals surface area contributed by atoms with Gasteiger partial charge in [0, 0.05) is 12.4 Å². The minimum absolute atomic E-state index is 0.0568. The minimum Gasteiger partial charge on any atom is -0.356 e. The number of nitrogens with zero attached hydrogens (tertiary/aromatic N) is 2. The molecular formula is C17H15FN2O2. The Morgan fingerprint density at radius 1 is 1.27 bits per heavy atom. The summed E-state index contributed by atoms with van der Waals surface area (Å²) in [7, 11) is 1.55. The van der Waals surface area contributed by atoms with Gasteiger partial charge in [-0.1, -0.05) is 28.9 Å². The van der Waals surface area contributed by atoms with Gasteiger partial charge in [0.1, 0.15) is 11.5 Å². The van der Waals surface area contributed by atoms with Crippen molar-refractivity contribution in [2.45, 2.75) is 13.3 Å². The Kier molecular flexibility index (Phi) is 3.63. The van der Waals surface area contributed by atoms with Crippen LogP contribution in [0.2, 0.25) is 0 Å². The van der Waals surface area contributed by atoms with E-state index in [1.165, 1.54) is 11.0 Å². The van der Waals surface area contributed by atoms with E-state index in [0.717, 1.165) is 10.9 Å². The summed E-state index contributed by atoms with van der Waals surface area (Å²) in [5.41, 5.74) is 2.51. The topological polar surface area (TPSA) is 46.3 Å². The Morgan fingerprint density at radius 2 is 2.05 bits per heavy atom. The van der Waals surface area contributed by atoms with E-state index >= 15 is 0 Å². The smallest absolute Gasteiger partial charge is 0.232 e. The van der Waals surface area contributed by atoms with Crippen LogP contribution < -0.4 is 4.90 Å². The van der Waals surface area contributed by atoms with Crippen molar-refractivity contribution in [1.82, 2.24) is 5.16 Å². The summed E-state index contributed by atoms with van der Waals surface area (Å²) >= 11 is 0. The number of rotatable bonds is 3. The predicted octanol–water partition coefficient (Wildman–Crippen LogP) is 3.48. The normalized spacial score (nSPS) is 10.9. The van der Waals surface area contributed by atoms with Gasteiger partial charge in [-0.05, 0) is 31.2 Å². The summed E-state index contributed by atoms with van der Waals surface area (Å²) < 4.78 is 19.0. The van der Waals surface area contributed by atoms with E-state index < -0.39 is 5.82 Å². The van der Waals surface area contributed by atoms with E-state index in [1.54, 1.807) is 25.2 Å². The minimum atomic E-state index is -0.431. The number of carbonyl (C=O) groups excluding carboxylic acids is 1. The van der Waals surface area contributed by atoms with Gasteiger partial charge in [0.2, 0.25) is 5.91 Å². The number of para-hydroxylation sites is 1.